The Hall–Kier alpha value is -3.51. The van der Waals surface area contributed by atoms with Gasteiger partial charge in [-0.2, -0.15) is 0 Å². The van der Waals surface area contributed by atoms with Crippen LogP contribution in [0.25, 0.3) is 10.9 Å². The van der Waals surface area contributed by atoms with Crippen LogP contribution in [0.3, 0.4) is 0 Å². The SMILES string of the molecule is COc1ccc(NC(=O)c2cccc3ncccc23)cc1SNc1c(C)cccc1C. The van der Waals surface area contributed by atoms with Crippen LogP contribution in [0, 0.1) is 13.8 Å². The number of para-hydroxylation sites is 1. The number of fused-ring (bicyclic) bond motifs is 1. The minimum Gasteiger partial charge on any atom is -0.496 e. The number of hydrogen-bond acceptors (Lipinski definition) is 5. The van der Waals surface area contributed by atoms with E-state index >= 15 is 0 Å². The molecule has 5 nitrogen and oxygen atoms in total. The minimum atomic E-state index is -0.178. The third-order valence-corrected chi connectivity index (χ3v) is 5.90. The first-order valence-electron chi connectivity index (χ1n) is 9.89. The Balaban J connectivity index is 1.57. The van der Waals surface area contributed by atoms with Crippen LogP contribution in [0.4, 0.5) is 11.4 Å². The van der Waals surface area contributed by atoms with Gasteiger partial charge in [0.1, 0.15) is 5.75 Å². The average Bonchev–Trinajstić information content (AvgIpc) is 2.78. The maximum atomic E-state index is 13.0. The minimum absolute atomic E-state index is 0.178. The van der Waals surface area contributed by atoms with Gasteiger partial charge in [0, 0.05) is 22.8 Å². The van der Waals surface area contributed by atoms with Crippen molar-refractivity contribution in [2.24, 2.45) is 0 Å². The molecule has 0 spiro atoms. The summed E-state index contributed by atoms with van der Waals surface area (Å²) in [7, 11) is 1.64. The van der Waals surface area contributed by atoms with E-state index in [0.29, 0.717) is 11.3 Å². The van der Waals surface area contributed by atoms with E-state index in [4.69, 9.17) is 4.74 Å². The molecular weight excluding hydrogens is 406 g/mol. The van der Waals surface area contributed by atoms with E-state index in [2.05, 4.69) is 41.0 Å². The first-order chi connectivity index (χ1) is 15.1. The second-order valence-corrected chi connectivity index (χ2v) is 8.01. The normalized spacial score (nSPS) is 10.7. The predicted octanol–water partition coefficient (Wildman–Crippen LogP) is 6.23. The number of rotatable bonds is 6. The number of benzene rings is 3. The van der Waals surface area contributed by atoms with Crippen LogP contribution < -0.4 is 14.8 Å². The predicted molar refractivity (Wildman–Crippen MR) is 128 cm³/mol. The molecule has 31 heavy (non-hydrogen) atoms. The standard InChI is InChI=1S/C25H23N3O2S/c1-16-7-4-8-17(2)24(16)28-31-23-15-18(12-13-22(23)30-3)27-25(29)20-9-5-11-21-19(20)10-6-14-26-21/h4-15,28H,1-3H3,(H,27,29). The van der Waals surface area contributed by atoms with E-state index < -0.39 is 0 Å². The highest BCUT2D eigenvalue weighted by Crippen LogP contribution is 2.34. The molecule has 0 radical (unpaired) electrons. The number of hydrogen-bond donors (Lipinski definition) is 2. The number of nitrogens with one attached hydrogen (secondary N) is 2. The van der Waals surface area contributed by atoms with Gasteiger partial charge in [-0.25, -0.2) is 0 Å². The van der Waals surface area contributed by atoms with Gasteiger partial charge in [-0.1, -0.05) is 30.3 Å². The van der Waals surface area contributed by atoms with Crippen LogP contribution >= 0.6 is 11.9 Å². The van der Waals surface area contributed by atoms with Crippen molar-refractivity contribution in [3.63, 3.8) is 0 Å². The Labute approximate surface area is 186 Å². The fourth-order valence-corrected chi connectivity index (χ4v) is 4.39. The lowest BCUT2D eigenvalue weighted by Gasteiger charge is -2.15. The lowest BCUT2D eigenvalue weighted by molar-refractivity contribution is 0.102. The molecule has 0 atom stereocenters. The molecule has 0 aliphatic heterocycles. The molecule has 0 aliphatic carbocycles. The van der Waals surface area contributed by atoms with Crippen LogP contribution in [0.2, 0.25) is 0 Å². The van der Waals surface area contributed by atoms with Gasteiger partial charge in [0.2, 0.25) is 0 Å². The summed E-state index contributed by atoms with van der Waals surface area (Å²) in [6.07, 6.45) is 1.72. The molecule has 1 heterocycles. The smallest absolute Gasteiger partial charge is 0.256 e. The summed E-state index contributed by atoms with van der Waals surface area (Å²) < 4.78 is 8.94. The highest BCUT2D eigenvalue weighted by Gasteiger charge is 2.13. The van der Waals surface area contributed by atoms with E-state index in [0.717, 1.165) is 27.2 Å². The van der Waals surface area contributed by atoms with Crippen molar-refractivity contribution in [2.45, 2.75) is 18.7 Å². The van der Waals surface area contributed by atoms with Crippen LogP contribution in [0.15, 0.2) is 77.8 Å². The molecule has 0 saturated carbocycles. The molecule has 3 aromatic carbocycles. The molecule has 0 saturated heterocycles. The number of aryl methyl sites for hydroxylation is 2. The second kappa shape index (κ2) is 9.10. The van der Waals surface area contributed by atoms with Crippen molar-refractivity contribution < 1.29 is 9.53 Å². The van der Waals surface area contributed by atoms with Crippen LogP contribution in [-0.4, -0.2) is 18.0 Å². The third-order valence-electron chi connectivity index (χ3n) is 5.06. The molecule has 0 unspecified atom stereocenters. The number of aromatic nitrogens is 1. The molecule has 1 amide bonds. The molecule has 4 rings (SSSR count). The van der Waals surface area contributed by atoms with Gasteiger partial charge in [-0.3, -0.25) is 9.78 Å². The van der Waals surface area contributed by atoms with Gasteiger partial charge in [-0.05, 0) is 73.3 Å². The van der Waals surface area contributed by atoms with E-state index in [1.54, 1.807) is 19.4 Å². The van der Waals surface area contributed by atoms with Gasteiger partial charge in [-0.15, -0.1) is 0 Å². The van der Waals surface area contributed by atoms with E-state index in [-0.39, 0.29) is 5.91 Å². The van der Waals surface area contributed by atoms with Crippen LogP contribution in [0.1, 0.15) is 21.5 Å². The monoisotopic (exact) mass is 429 g/mol. The highest BCUT2D eigenvalue weighted by atomic mass is 32.2. The molecule has 156 valence electrons. The maximum absolute atomic E-state index is 13.0. The number of pyridine rings is 1. The summed E-state index contributed by atoms with van der Waals surface area (Å²) in [6, 6.07) is 21.1. The highest BCUT2D eigenvalue weighted by molar-refractivity contribution is 8.00. The molecule has 0 aliphatic rings. The lowest BCUT2D eigenvalue weighted by atomic mass is 10.1. The van der Waals surface area contributed by atoms with Gasteiger partial charge in [0.15, 0.2) is 0 Å². The number of anilines is 2. The fourth-order valence-electron chi connectivity index (χ4n) is 3.42. The van der Waals surface area contributed by atoms with Crippen molar-refractivity contribution in [2.75, 3.05) is 17.1 Å². The third kappa shape index (κ3) is 4.49. The molecular formula is C25H23N3O2S. The Morgan fingerprint density at radius 1 is 0.968 bits per heavy atom. The summed E-state index contributed by atoms with van der Waals surface area (Å²) in [5.41, 5.74) is 5.48. The largest absolute Gasteiger partial charge is 0.496 e. The summed E-state index contributed by atoms with van der Waals surface area (Å²) in [5.74, 6) is 0.554. The number of methoxy groups -OCH3 is 1. The zero-order valence-electron chi connectivity index (χ0n) is 17.6. The average molecular weight is 430 g/mol. The topological polar surface area (TPSA) is 63.2 Å². The van der Waals surface area contributed by atoms with Gasteiger partial charge >= 0.3 is 0 Å². The van der Waals surface area contributed by atoms with Crippen molar-refractivity contribution in [1.29, 1.82) is 0 Å². The fraction of sp³-hybridized carbons (Fsp3) is 0.120. The van der Waals surface area contributed by atoms with Crippen molar-refractivity contribution in [1.82, 2.24) is 4.98 Å². The summed E-state index contributed by atoms with van der Waals surface area (Å²) in [5, 5.41) is 3.82. The van der Waals surface area contributed by atoms with Gasteiger partial charge in [0.25, 0.3) is 5.91 Å². The van der Waals surface area contributed by atoms with Crippen molar-refractivity contribution in [3.05, 3.63) is 89.6 Å². The van der Waals surface area contributed by atoms with E-state index in [1.807, 2.05) is 48.5 Å². The number of carbonyl (C=O) groups is 1. The summed E-state index contributed by atoms with van der Waals surface area (Å²) in [6.45, 7) is 4.14. The molecule has 1 aromatic heterocycles. The van der Waals surface area contributed by atoms with Crippen molar-refractivity contribution >= 4 is 40.1 Å². The molecule has 6 heteroatoms. The Kier molecular flexibility index (Phi) is 6.09. The van der Waals surface area contributed by atoms with E-state index in [1.165, 1.54) is 23.1 Å². The number of carbonyl (C=O) groups excluding carboxylic acids is 1. The van der Waals surface area contributed by atoms with E-state index in [9.17, 15) is 4.79 Å². The first kappa shape index (κ1) is 20.8. The summed E-state index contributed by atoms with van der Waals surface area (Å²) >= 11 is 1.46. The maximum Gasteiger partial charge on any atom is 0.256 e. The second-order valence-electron chi connectivity index (χ2n) is 7.17. The molecule has 0 bridgehead atoms. The Bertz CT molecular complexity index is 1230. The Morgan fingerprint density at radius 3 is 2.52 bits per heavy atom. The summed E-state index contributed by atoms with van der Waals surface area (Å²) in [4.78, 5) is 18.2. The zero-order chi connectivity index (χ0) is 21.8. The van der Waals surface area contributed by atoms with Gasteiger partial charge < -0.3 is 14.8 Å². The quantitative estimate of drug-likeness (QED) is 0.356. The number of amides is 1. The van der Waals surface area contributed by atoms with Crippen LogP contribution in [-0.2, 0) is 0 Å². The van der Waals surface area contributed by atoms with Crippen molar-refractivity contribution in [3.8, 4) is 5.75 Å². The van der Waals surface area contributed by atoms with Crippen LogP contribution in [0.5, 0.6) is 5.75 Å². The number of nitrogens with zero attached hydrogens (tertiary/aromatic N) is 1. The Morgan fingerprint density at radius 2 is 1.74 bits per heavy atom. The van der Waals surface area contributed by atoms with Gasteiger partial charge in [0.05, 0.1) is 23.2 Å². The molecule has 0 fully saturated rings. The number of ether oxygens (including phenoxy) is 1. The first-order valence-corrected chi connectivity index (χ1v) is 10.7. The molecule has 2 N–H and O–H groups in total. The molecule has 4 aromatic rings. The zero-order valence-corrected chi connectivity index (χ0v) is 18.4. The lowest BCUT2D eigenvalue weighted by Crippen LogP contribution is -2.12.